The van der Waals surface area contributed by atoms with Crippen molar-refractivity contribution in [2.24, 2.45) is 5.73 Å². The number of likely N-dealkylation sites (tertiary alicyclic amines) is 1. The predicted molar refractivity (Wildman–Crippen MR) is 67.3 cm³/mol. The Morgan fingerprint density at radius 1 is 1.55 bits per heavy atom. The number of aromatic nitrogens is 3. The van der Waals surface area contributed by atoms with Crippen LogP contribution in [0.5, 0.6) is 0 Å². The van der Waals surface area contributed by atoms with Crippen molar-refractivity contribution in [3.05, 3.63) is 11.9 Å². The minimum absolute atomic E-state index is 0.116. The van der Waals surface area contributed by atoms with Crippen molar-refractivity contribution in [1.29, 1.82) is 0 Å². The van der Waals surface area contributed by atoms with Crippen molar-refractivity contribution in [3.63, 3.8) is 0 Å². The normalized spacial score (nSPS) is 19.3. The summed E-state index contributed by atoms with van der Waals surface area (Å²) in [6, 6.07) is -0.704. The lowest BCUT2D eigenvalue weighted by molar-refractivity contribution is -0.147. The lowest BCUT2D eigenvalue weighted by atomic mass is 10.0. The molecule has 1 aromatic rings. The molecule has 0 saturated carbocycles. The molecule has 1 aromatic heterocycles. The largest absolute Gasteiger partial charge is 0.339 e. The summed E-state index contributed by atoms with van der Waals surface area (Å²) in [4.78, 5) is 36.2. The summed E-state index contributed by atoms with van der Waals surface area (Å²) < 4.78 is 1.45. The highest BCUT2D eigenvalue weighted by Gasteiger charge is 2.33. The molecule has 2 rings (SSSR count). The number of piperidine rings is 1. The van der Waals surface area contributed by atoms with Crippen LogP contribution in [0.25, 0.3) is 0 Å². The van der Waals surface area contributed by atoms with Crippen LogP contribution in [0, 0.1) is 0 Å². The molecule has 9 nitrogen and oxygen atoms in total. The number of imide groups is 1. The summed E-state index contributed by atoms with van der Waals surface area (Å²) in [5.41, 5.74) is 5.49. The minimum Gasteiger partial charge on any atom is -0.339 e. The number of carbonyl (C=O) groups excluding carboxylic acids is 3. The highest BCUT2D eigenvalue weighted by molar-refractivity contribution is 6.03. The van der Waals surface area contributed by atoms with Crippen LogP contribution in [0.4, 0.5) is 0 Å². The van der Waals surface area contributed by atoms with Crippen LogP contribution >= 0.6 is 0 Å². The van der Waals surface area contributed by atoms with Gasteiger partial charge in [-0.2, -0.15) is 0 Å². The van der Waals surface area contributed by atoms with E-state index < -0.39 is 17.9 Å². The van der Waals surface area contributed by atoms with Crippen LogP contribution < -0.4 is 11.1 Å². The number of nitrogens with two attached hydrogens (primary N) is 1. The van der Waals surface area contributed by atoms with E-state index in [1.54, 1.807) is 0 Å². The summed E-state index contributed by atoms with van der Waals surface area (Å²) in [5, 5.41) is 10.0. The fraction of sp³-hybridized carbons (Fsp3) is 0.545. The number of likely N-dealkylation sites (N-methyl/N-ethyl adjacent to an activating group) is 1. The van der Waals surface area contributed by atoms with Crippen molar-refractivity contribution in [1.82, 2.24) is 25.2 Å². The van der Waals surface area contributed by atoms with Crippen molar-refractivity contribution < 1.29 is 14.4 Å². The third-order valence-corrected chi connectivity index (χ3v) is 3.08. The van der Waals surface area contributed by atoms with E-state index in [0.717, 1.165) is 4.90 Å². The van der Waals surface area contributed by atoms with E-state index in [0.29, 0.717) is 19.5 Å². The number of nitrogens with one attached hydrogen (secondary N) is 1. The predicted octanol–water partition coefficient (Wildman–Crippen LogP) is -1.89. The maximum absolute atomic E-state index is 12.0. The Hall–Kier alpha value is -2.29. The SMILES string of the molecule is CN1C(=O)CCC(NC(=O)c2cn(CCN)nn2)C1=O. The molecule has 0 aromatic carbocycles. The van der Waals surface area contributed by atoms with Crippen molar-refractivity contribution >= 4 is 17.7 Å². The highest BCUT2D eigenvalue weighted by atomic mass is 16.2. The molecule has 2 heterocycles. The Labute approximate surface area is 115 Å². The topological polar surface area (TPSA) is 123 Å². The standard InChI is InChI=1S/C11H16N6O3/c1-16-9(18)3-2-7(11(16)20)13-10(19)8-6-17(5-4-12)15-14-8/h6-7H,2-5,12H2,1H3,(H,13,19). The van der Waals surface area contributed by atoms with E-state index in [1.165, 1.54) is 17.9 Å². The molecule has 108 valence electrons. The van der Waals surface area contributed by atoms with Gasteiger partial charge in [0.1, 0.15) is 6.04 Å². The summed E-state index contributed by atoms with van der Waals surface area (Å²) in [6.45, 7) is 0.846. The van der Waals surface area contributed by atoms with E-state index in [4.69, 9.17) is 5.73 Å². The van der Waals surface area contributed by atoms with Crippen LogP contribution in [0.2, 0.25) is 0 Å². The summed E-state index contributed by atoms with van der Waals surface area (Å²) >= 11 is 0. The van der Waals surface area contributed by atoms with Crippen molar-refractivity contribution in [2.45, 2.75) is 25.4 Å². The molecule has 20 heavy (non-hydrogen) atoms. The van der Waals surface area contributed by atoms with Gasteiger partial charge in [-0.3, -0.25) is 24.0 Å². The van der Waals surface area contributed by atoms with Gasteiger partial charge in [0.05, 0.1) is 12.7 Å². The van der Waals surface area contributed by atoms with Gasteiger partial charge in [0, 0.05) is 20.0 Å². The van der Waals surface area contributed by atoms with Crippen molar-refractivity contribution in [2.75, 3.05) is 13.6 Å². The van der Waals surface area contributed by atoms with Crippen LogP contribution in [0.15, 0.2) is 6.20 Å². The Balaban J connectivity index is 2.00. The van der Waals surface area contributed by atoms with Gasteiger partial charge >= 0.3 is 0 Å². The number of nitrogens with zero attached hydrogens (tertiary/aromatic N) is 4. The first-order valence-electron chi connectivity index (χ1n) is 6.24. The average Bonchev–Trinajstić information content (AvgIpc) is 2.88. The maximum atomic E-state index is 12.0. The number of amides is 3. The maximum Gasteiger partial charge on any atom is 0.274 e. The molecular formula is C11H16N6O3. The quantitative estimate of drug-likeness (QED) is 0.622. The van der Waals surface area contributed by atoms with Gasteiger partial charge in [-0.15, -0.1) is 5.10 Å². The molecule has 0 radical (unpaired) electrons. The smallest absolute Gasteiger partial charge is 0.274 e. The molecule has 3 amide bonds. The van der Waals surface area contributed by atoms with E-state index in [-0.39, 0.29) is 18.0 Å². The van der Waals surface area contributed by atoms with Gasteiger partial charge in [0.15, 0.2) is 5.69 Å². The van der Waals surface area contributed by atoms with Gasteiger partial charge in [0.2, 0.25) is 5.91 Å². The monoisotopic (exact) mass is 280 g/mol. The fourth-order valence-corrected chi connectivity index (χ4v) is 1.93. The number of hydrogen-bond acceptors (Lipinski definition) is 6. The lowest BCUT2D eigenvalue weighted by Crippen LogP contribution is -2.52. The van der Waals surface area contributed by atoms with E-state index >= 15 is 0 Å². The summed E-state index contributed by atoms with van der Waals surface area (Å²) in [6.07, 6.45) is 1.99. The van der Waals surface area contributed by atoms with Gasteiger partial charge in [-0.1, -0.05) is 5.21 Å². The molecule has 1 aliphatic heterocycles. The summed E-state index contributed by atoms with van der Waals surface area (Å²) in [7, 11) is 1.40. The Morgan fingerprint density at radius 2 is 2.30 bits per heavy atom. The third kappa shape index (κ3) is 2.82. The third-order valence-electron chi connectivity index (χ3n) is 3.08. The number of rotatable bonds is 4. The molecule has 9 heteroatoms. The van der Waals surface area contributed by atoms with E-state index in [2.05, 4.69) is 15.6 Å². The lowest BCUT2D eigenvalue weighted by Gasteiger charge is -2.27. The van der Waals surface area contributed by atoms with E-state index in [1.807, 2.05) is 0 Å². The van der Waals surface area contributed by atoms with Gasteiger partial charge in [-0.25, -0.2) is 0 Å². The molecule has 0 aliphatic carbocycles. The van der Waals surface area contributed by atoms with Crippen LogP contribution in [0.1, 0.15) is 23.3 Å². The first-order chi connectivity index (χ1) is 9.52. The van der Waals surface area contributed by atoms with Gasteiger partial charge in [-0.05, 0) is 6.42 Å². The molecule has 1 atom stereocenters. The molecule has 3 N–H and O–H groups in total. The number of carbonyl (C=O) groups is 3. The van der Waals surface area contributed by atoms with E-state index in [9.17, 15) is 14.4 Å². The molecular weight excluding hydrogens is 264 g/mol. The van der Waals surface area contributed by atoms with Crippen LogP contribution in [-0.4, -0.2) is 57.2 Å². The Kier molecular flexibility index (Phi) is 4.08. The molecule has 0 spiro atoms. The number of hydrogen-bond donors (Lipinski definition) is 2. The second kappa shape index (κ2) is 5.78. The Morgan fingerprint density at radius 3 is 3.00 bits per heavy atom. The molecule has 1 unspecified atom stereocenters. The molecule has 1 fully saturated rings. The average molecular weight is 280 g/mol. The highest BCUT2D eigenvalue weighted by Crippen LogP contribution is 2.11. The first kappa shape index (κ1) is 14.1. The molecule has 1 saturated heterocycles. The fourth-order valence-electron chi connectivity index (χ4n) is 1.93. The zero-order valence-corrected chi connectivity index (χ0v) is 11.1. The van der Waals surface area contributed by atoms with Crippen LogP contribution in [-0.2, 0) is 16.1 Å². The first-order valence-corrected chi connectivity index (χ1v) is 6.24. The minimum atomic E-state index is -0.704. The van der Waals surface area contributed by atoms with Gasteiger partial charge < -0.3 is 11.1 Å². The zero-order chi connectivity index (χ0) is 14.7. The summed E-state index contributed by atoms with van der Waals surface area (Å²) in [5.74, 6) is -1.15. The second-order valence-corrected chi connectivity index (χ2v) is 4.51. The van der Waals surface area contributed by atoms with Crippen LogP contribution in [0.3, 0.4) is 0 Å². The second-order valence-electron chi connectivity index (χ2n) is 4.51. The molecule has 1 aliphatic rings. The Bertz CT molecular complexity index is 540. The van der Waals surface area contributed by atoms with Gasteiger partial charge in [0.25, 0.3) is 11.8 Å². The zero-order valence-electron chi connectivity index (χ0n) is 11.1. The van der Waals surface area contributed by atoms with Crippen molar-refractivity contribution in [3.8, 4) is 0 Å². The molecule has 0 bridgehead atoms.